The summed E-state index contributed by atoms with van der Waals surface area (Å²) in [5.74, 6) is 0. The Morgan fingerprint density at radius 2 is 1.57 bits per heavy atom. The molecule has 0 aromatic carbocycles. The minimum absolute atomic E-state index is 0.920. The lowest BCUT2D eigenvalue weighted by molar-refractivity contribution is 0.164. The van der Waals surface area contributed by atoms with Gasteiger partial charge in [-0.1, -0.05) is 47.0 Å². The van der Waals surface area contributed by atoms with E-state index in [0.717, 1.165) is 6.04 Å². The van der Waals surface area contributed by atoms with Crippen LogP contribution in [0.4, 0.5) is 0 Å². The van der Waals surface area contributed by atoms with Gasteiger partial charge >= 0.3 is 0 Å². The lowest BCUT2D eigenvalue weighted by Gasteiger charge is -2.33. The highest BCUT2D eigenvalue weighted by molar-refractivity contribution is 4.74. The minimum Gasteiger partial charge on any atom is -0.301 e. The van der Waals surface area contributed by atoms with Crippen LogP contribution in [0, 0.1) is 0 Å². The van der Waals surface area contributed by atoms with Crippen LogP contribution in [0.25, 0.3) is 0 Å². The summed E-state index contributed by atoms with van der Waals surface area (Å²) in [5.41, 5.74) is 0. The monoisotopic (exact) mass is 199 g/mol. The van der Waals surface area contributed by atoms with Crippen molar-refractivity contribution in [2.45, 2.75) is 72.3 Å². The fraction of sp³-hybridized carbons (Fsp3) is 1.00. The van der Waals surface area contributed by atoms with Crippen LogP contribution >= 0.6 is 0 Å². The number of hydrogen-bond acceptors (Lipinski definition) is 1. The molecule has 0 bridgehead atoms. The van der Waals surface area contributed by atoms with Gasteiger partial charge in [0.1, 0.15) is 0 Å². The van der Waals surface area contributed by atoms with E-state index in [1.165, 1.54) is 51.6 Å². The third-order valence-electron chi connectivity index (χ3n) is 3.01. The fourth-order valence-electron chi connectivity index (χ4n) is 2.33. The molecule has 1 aliphatic carbocycles. The molecular formula is C13H29N. The number of hydrogen-bond donors (Lipinski definition) is 0. The third kappa shape index (κ3) is 4.99. The number of nitrogens with zero attached hydrogens (tertiary/aromatic N) is 1. The summed E-state index contributed by atoms with van der Waals surface area (Å²) in [7, 11) is 0. The highest BCUT2D eigenvalue weighted by Crippen LogP contribution is 2.22. The Morgan fingerprint density at radius 1 is 1.00 bits per heavy atom. The fourth-order valence-corrected chi connectivity index (χ4v) is 2.33. The van der Waals surface area contributed by atoms with Gasteiger partial charge in [0.25, 0.3) is 0 Å². The van der Waals surface area contributed by atoms with E-state index < -0.39 is 0 Å². The molecule has 1 aliphatic rings. The van der Waals surface area contributed by atoms with Crippen molar-refractivity contribution in [2.75, 3.05) is 13.1 Å². The summed E-state index contributed by atoms with van der Waals surface area (Å²) in [6.45, 7) is 11.1. The van der Waals surface area contributed by atoms with Crippen molar-refractivity contribution in [3.8, 4) is 0 Å². The van der Waals surface area contributed by atoms with Crippen molar-refractivity contribution in [3.63, 3.8) is 0 Å². The molecule has 0 aromatic rings. The average molecular weight is 199 g/mol. The molecule has 1 heteroatoms. The van der Waals surface area contributed by atoms with E-state index in [9.17, 15) is 0 Å². The molecule has 0 unspecified atom stereocenters. The second kappa shape index (κ2) is 9.51. The third-order valence-corrected chi connectivity index (χ3v) is 3.01. The summed E-state index contributed by atoms with van der Waals surface area (Å²) >= 11 is 0. The predicted molar refractivity (Wildman–Crippen MR) is 65.8 cm³/mol. The van der Waals surface area contributed by atoms with Crippen molar-refractivity contribution in [1.29, 1.82) is 0 Å². The Hall–Kier alpha value is -0.0400. The molecule has 1 saturated carbocycles. The lowest BCUT2D eigenvalue weighted by Crippen LogP contribution is -2.37. The van der Waals surface area contributed by atoms with Crippen molar-refractivity contribution in [3.05, 3.63) is 0 Å². The predicted octanol–water partition coefficient (Wildman–Crippen LogP) is 4.08. The van der Waals surface area contributed by atoms with Gasteiger partial charge in [-0.05, 0) is 32.4 Å². The van der Waals surface area contributed by atoms with Gasteiger partial charge in [0.2, 0.25) is 0 Å². The normalized spacial score (nSPS) is 17.8. The second-order valence-electron chi connectivity index (χ2n) is 3.92. The molecule has 1 nitrogen and oxygen atoms in total. The van der Waals surface area contributed by atoms with Crippen LogP contribution in [0.3, 0.4) is 0 Å². The van der Waals surface area contributed by atoms with Gasteiger partial charge in [-0.15, -0.1) is 0 Å². The maximum Gasteiger partial charge on any atom is 0.00951 e. The zero-order chi connectivity index (χ0) is 10.8. The molecule has 0 amide bonds. The van der Waals surface area contributed by atoms with E-state index in [2.05, 4.69) is 18.7 Å². The number of rotatable bonds is 4. The summed E-state index contributed by atoms with van der Waals surface area (Å²) in [6.07, 6.45) is 8.61. The topological polar surface area (TPSA) is 3.24 Å². The van der Waals surface area contributed by atoms with E-state index in [4.69, 9.17) is 0 Å². The van der Waals surface area contributed by atoms with Crippen LogP contribution in [0.5, 0.6) is 0 Å². The van der Waals surface area contributed by atoms with Crippen LogP contribution in [0.1, 0.15) is 66.2 Å². The van der Waals surface area contributed by atoms with Crippen molar-refractivity contribution in [2.24, 2.45) is 0 Å². The van der Waals surface area contributed by atoms with E-state index in [1.807, 2.05) is 13.8 Å². The largest absolute Gasteiger partial charge is 0.301 e. The van der Waals surface area contributed by atoms with E-state index >= 15 is 0 Å². The zero-order valence-electron chi connectivity index (χ0n) is 10.7. The molecule has 1 rings (SSSR count). The highest BCUT2D eigenvalue weighted by atomic mass is 15.1. The Labute approximate surface area is 90.9 Å². The molecule has 86 valence electrons. The first-order valence-electron chi connectivity index (χ1n) is 6.62. The summed E-state index contributed by atoms with van der Waals surface area (Å²) in [6, 6.07) is 0.920. The molecule has 0 heterocycles. The van der Waals surface area contributed by atoms with E-state index in [1.54, 1.807) is 0 Å². The van der Waals surface area contributed by atoms with Crippen LogP contribution < -0.4 is 0 Å². The van der Waals surface area contributed by atoms with Crippen molar-refractivity contribution in [1.82, 2.24) is 4.90 Å². The quantitative estimate of drug-likeness (QED) is 0.659. The molecule has 0 spiro atoms. The Kier molecular flexibility index (Phi) is 9.49. The first kappa shape index (κ1) is 14.0. The van der Waals surface area contributed by atoms with Crippen LogP contribution in [0.2, 0.25) is 0 Å². The van der Waals surface area contributed by atoms with Crippen LogP contribution in [-0.2, 0) is 0 Å². The Morgan fingerprint density at radius 3 is 2.00 bits per heavy atom. The molecule has 0 aliphatic heterocycles. The Balaban J connectivity index is 0.000000791. The zero-order valence-corrected chi connectivity index (χ0v) is 10.7. The molecule has 0 saturated heterocycles. The molecule has 0 radical (unpaired) electrons. The van der Waals surface area contributed by atoms with Gasteiger partial charge in [-0.3, -0.25) is 0 Å². The van der Waals surface area contributed by atoms with Gasteiger partial charge < -0.3 is 4.90 Å². The maximum atomic E-state index is 2.67. The van der Waals surface area contributed by atoms with E-state index in [0.29, 0.717) is 0 Å². The highest BCUT2D eigenvalue weighted by Gasteiger charge is 2.18. The van der Waals surface area contributed by atoms with Crippen LogP contribution in [-0.4, -0.2) is 24.0 Å². The summed E-state index contributed by atoms with van der Waals surface area (Å²) in [4.78, 5) is 2.67. The van der Waals surface area contributed by atoms with Gasteiger partial charge in [0.05, 0.1) is 0 Å². The van der Waals surface area contributed by atoms with Gasteiger partial charge in [0, 0.05) is 6.04 Å². The first-order chi connectivity index (χ1) is 6.88. The molecule has 0 atom stereocenters. The molecule has 1 fully saturated rings. The molecule has 0 N–H and O–H groups in total. The van der Waals surface area contributed by atoms with Gasteiger partial charge in [0.15, 0.2) is 0 Å². The molecule has 0 aromatic heterocycles. The Bertz CT molecular complexity index is 103. The van der Waals surface area contributed by atoms with Crippen molar-refractivity contribution >= 4 is 0 Å². The first-order valence-corrected chi connectivity index (χ1v) is 6.62. The average Bonchev–Trinajstić information content (AvgIpc) is 2.30. The van der Waals surface area contributed by atoms with Crippen LogP contribution in [0.15, 0.2) is 0 Å². The van der Waals surface area contributed by atoms with Gasteiger partial charge in [-0.25, -0.2) is 0 Å². The summed E-state index contributed by atoms with van der Waals surface area (Å²) in [5, 5.41) is 0. The van der Waals surface area contributed by atoms with Gasteiger partial charge in [-0.2, -0.15) is 0 Å². The lowest BCUT2D eigenvalue weighted by atomic mass is 9.94. The molecular weight excluding hydrogens is 170 g/mol. The van der Waals surface area contributed by atoms with E-state index in [-0.39, 0.29) is 0 Å². The smallest absolute Gasteiger partial charge is 0.00951 e. The minimum atomic E-state index is 0.920. The molecule has 14 heavy (non-hydrogen) atoms. The van der Waals surface area contributed by atoms with Crippen molar-refractivity contribution < 1.29 is 0 Å². The second-order valence-corrected chi connectivity index (χ2v) is 3.92. The SMILES string of the molecule is CC.CCCN(CC)C1CCCCC1. The maximum absolute atomic E-state index is 2.67. The summed E-state index contributed by atoms with van der Waals surface area (Å²) < 4.78 is 0. The standard InChI is InChI=1S/C11H23N.C2H6/c1-3-10-12(4-2)11-8-6-5-7-9-11;1-2/h11H,3-10H2,1-2H3;1-2H3.